The third-order valence-corrected chi connectivity index (χ3v) is 6.98. The lowest BCUT2D eigenvalue weighted by Crippen LogP contribution is -2.40. The zero-order valence-electron chi connectivity index (χ0n) is 13.8. The van der Waals surface area contributed by atoms with E-state index < -0.39 is 0 Å². The van der Waals surface area contributed by atoms with E-state index in [1.54, 1.807) is 6.20 Å². The van der Waals surface area contributed by atoms with E-state index in [0.29, 0.717) is 5.25 Å². The molecule has 0 aliphatic carbocycles. The first-order valence-electron chi connectivity index (χ1n) is 8.54. The maximum absolute atomic E-state index is 6.55. The highest BCUT2D eigenvalue weighted by molar-refractivity contribution is 8.00. The van der Waals surface area contributed by atoms with Crippen LogP contribution in [0.4, 0.5) is 11.4 Å². The van der Waals surface area contributed by atoms with Crippen molar-refractivity contribution in [3.05, 3.63) is 47.7 Å². The highest BCUT2D eigenvalue weighted by Crippen LogP contribution is 2.43. The fourth-order valence-electron chi connectivity index (χ4n) is 3.91. The number of nitrogens with zero attached hydrogens (tertiary/aromatic N) is 2. The molecule has 1 aromatic heterocycles. The Labute approximate surface area is 152 Å². The lowest BCUT2D eigenvalue weighted by molar-refractivity contribution is 0.183. The van der Waals surface area contributed by atoms with Crippen molar-refractivity contribution < 1.29 is 0 Å². The Morgan fingerprint density at radius 3 is 2.62 bits per heavy atom. The molecule has 0 saturated carbocycles. The number of hydrogen-bond acceptors (Lipinski definition) is 4. The highest BCUT2D eigenvalue weighted by Gasteiger charge is 2.38. The average Bonchev–Trinajstić information content (AvgIpc) is 2.80. The second-order valence-corrected chi connectivity index (χ2v) is 8.52. The molecule has 2 aromatic rings. The van der Waals surface area contributed by atoms with Gasteiger partial charge in [-0.2, -0.15) is 0 Å². The molecule has 2 aliphatic rings. The van der Waals surface area contributed by atoms with Crippen LogP contribution in [-0.4, -0.2) is 34.3 Å². The Hall–Kier alpha value is -1.23. The number of rotatable bonds is 4. The lowest BCUT2D eigenvalue weighted by atomic mass is 10.0. The topological polar surface area (TPSA) is 28.2 Å². The second-order valence-electron chi connectivity index (χ2n) is 6.77. The summed E-state index contributed by atoms with van der Waals surface area (Å²) in [7, 11) is 2.29. The maximum Gasteiger partial charge on any atom is 0.0570 e. The molecule has 3 heterocycles. The first-order chi connectivity index (χ1) is 11.7. The van der Waals surface area contributed by atoms with Gasteiger partial charge in [0.25, 0.3) is 0 Å². The van der Waals surface area contributed by atoms with Crippen LogP contribution < -0.4 is 5.32 Å². The Bertz CT molecular complexity index is 695. The summed E-state index contributed by atoms with van der Waals surface area (Å²) in [5.74, 6) is 0. The van der Waals surface area contributed by atoms with Crippen molar-refractivity contribution in [3.63, 3.8) is 0 Å². The van der Waals surface area contributed by atoms with Gasteiger partial charge in [0.05, 0.1) is 16.9 Å². The second kappa shape index (κ2) is 6.95. The van der Waals surface area contributed by atoms with Crippen LogP contribution in [0.3, 0.4) is 0 Å². The molecular formula is C19H22ClN3S. The monoisotopic (exact) mass is 359 g/mol. The van der Waals surface area contributed by atoms with E-state index in [1.165, 1.54) is 30.6 Å². The Kier molecular flexibility index (Phi) is 4.70. The Balaban J connectivity index is 1.43. The molecule has 1 N–H and O–H groups in total. The summed E-state index contributed by atoms with van der Waals surface area (Å²) < 4.78 is 0. The van der Waals surface area contributed by atoms with E-state index in [1.807, 2.05) is 36.2 Å². The SMILES string of the molecule is CN1C2CCC1CC(Sc1ccc(Nc3cccnc3)cc1Cl)C2. The van der Waals surface area contributed by atoms with Crippen LogP contribution in [0, 0.1) is 0 Å². The fourth-order valence-corrected chi connectivity index (χ4v) is 5.54. The zero-order valence-corrected chi connectivity index (χ0v) is 15.4. The van der Waals surface area contributed by atoms with Gasteiger partial charge in [0, 0.05) is 34.1 Å². The van der Waals surface area contributed by atoms with Gasteiger partial charge in [-0.15, -0.1) is 11.8 Å². The molecule has 0 radical (unpaired) electrons. The van der Waals surface area contributed by atoms with Crippen LogP contribution >= 0.6 is 23.4 Å². The van der Waals surface area contributed by atoms with Gasteiger partial charge >= 0.3 is 0 Å². The van der Waals surface area contributed by atoms with Crippen molar-refractivity contribution in [1.82, 2.24) is 9.88 Å². The molecule has 2 unspecified atom stereocenters. The summed E-state index contributed by atoms with van der Waals surface area (Å²) in [6.45, 7) is 0. The Morgan fingerprint density at radius 2 is 1.96 bits per heavy atom. The van der Waals surface area contributed by atoms with E-state index in [9.17, 15) is 0 Å². The summed E-state index contributed by atoms with van der Waals surface area (Å²) in [6, 6.07) is 11.7. The molecule has 4 rings (SSSR count). The zero-order chi connectivity index (χ0) is 16.5. The quantitative estimate of drug-likeness (QED) is 0.812. The van der Waals surface area contributed by atoms with Crippen molar-refractivity contribution >= 4 is 34.7 Å². The molecule has 2 fully saturated rings. The molecule has 2 aliphatic heterocycles. The van der Waals surface area contributed by atoms with Crippen molar-refractivity contribution in [2.75, 3.05) is 12.4 Å². The fraction of sp³-hybridized carbons (Fsp3) is 0.421. The van der Waals surface area contributed by atoms with Gasteiger partial charge in [-0.25, -0.2) is 0 Å². The molecule has 126 valence electrons. The average molecular weight is 360 g/mol. The number of benzene rings is 1. The van der Waals surface area contributed by atoms with Crippen LogP contribution in [0.15, 0.2) is 47.6 Å². The maximum atomic E-state index is 6.55. The molecule has 24 heavy (non-hydrogen) atoms. The van der Waals surface area contributed by atoms with Gasteiger partial charge < -0.3 is 10.2 Å². The number of aromatic nitrogens is 1. The van der Waals surface area contributed by atoms with Gasteiger partial charge in [0.15, 0.2) is 0 Å². The van der Waals surface area contributed by atoms with Crippen LogP contribution in [0.1, 0.15) is 25.7 Å². The predicted octanol–water partition coefficient (Wildman–Crippen LogP) is 5.20. The van der Waals surface area contributed by atoms with Gasteiger partial charge in [-0.3, -0.25) is 4.98 Å². The Morgan fingerprint density at radius 1 is 1.17 bits per heavy atom. The highest BCUT2D eigenvalue weighted by atomic mass is 35.5. The first kappa shape index (κ1) is 16.2. The number of thioether (sulfide) groups is 1. The number of nitrogens with one attached hydrogen (secondary N) is 1. The first-order valence-corrected chi connectivity index (χ1v) is 9.80. The van der Waals surface area contributed by atoms with E-state index in [-0.39, 0.29) is 0 Å². The number of piperidine rings is 1. The van der Waals surface area contributed by atoms with Crippen LogP contribution in [0.5, 0.6) is 0 Å². The molecule has 5 heteroatoms. The molecule has 0 spiro atoms. The molecule has 1 aromatic carbocycles. The van der Waals surface area contributed by atoms with Crippen molar-refractivity contribution in [2.24, 2.45) is 0 Å². The van der Waals surface area contributed by atoms with Gasteiger partial charge in [-0.1, -0.05) is 11.6 Å². The van der Waals surface area contributed by atoms with Gasteiger partial charge in [-0.05, 0) is 63.1 Å². The van der Waals surface area contributed by atoms with E-state index in [4.69, 9.17) is 11.6 Å². The summed E-state index contributed by atoms with van der Waals surface area (Å²) in [6.07, 6.45) is 8.87. The van der Waals surface area contributed by atoms with Crippen LogP contribution in [0.2, 0.25) is 5.02 Å². The minimum Gasteiger partial charge on any atom is -0.354 e. The third-order valence-electron chi connectivity index (χ3n) is 5.23. The van der Waals surface area contributed by atoms with E-state index in [0.717, 1.165) is 28.5 Å². The summed E-state index contributed by atoms with van der Waals surface area (Å²) in [5, 5.41) is 4.86. The smallest absolute Gasteiger partial charge is 0.0570 e. The van der Waals surface area contributed by atoms with Crippen LogP contribution in [-0.2, 0) is 0 Å². The standard InChI is InChI=1S/C19H22ClN3S/c1-23-15-5-6-16(23)11-17(10-15)24-19-7-4-13(9-18(19)20)22-14-3-2-8-21-12-14/h2-4,7-9,12,15-17,22H,5-6,10-11H2,1H3. The molecule has 0 amide bonds. The summed E-state index contributed by atoms with van der Waals surface area (Å²) in [4.78, 5) is 7.90. The van der Waals surface area contributed by atoms with Crippen molar-refractivity contribution in [1.29, 1.82) is 0 Å². The summed E-state index contributed by atoms with van der Waals surface area (Å²) in [5.41, 5.74) is 1.97. The molecule has 3 nitrogen and oxygen atoms in total. The molecule has 2 bridgehead atoms. The normalized spacial score (nSPS) is 26.5. The molecule has 2 saturated heterocycles. The van der Waals surface area contributed by atoms with Crippen LogP contribution in [0.25, 0.3) is 0 Å². The van der Waals surface area contributed by atoms with E-state index >= 15 is 0 Å². The van der Waals surface area contributed by atoms with Crippen molar-refractivity contribution in [3.8, 4) is 0 Å². The lowest BCUT2D eigenvalue weighted by Gasteiger charge is -2.36. The number of hydrogen-bond donors (Lipinski definition) is 1. The third kappa shape index (κ3) is 3.41. The number of fused-ring (bicyclic) bond motifs is 2. The number of anilines is 2. The van der Waals surface area contributed by atoms with Gasteiger partial charge in [0.1, 0.15) is 0 Å². The molecular weight excluding hydrogens is 338 g/mol. The minimum absolute atomic E-state index is 0.688. The summed E-state index contributed by atoms with van der Waals surface area (Å²) >= 11 is 8.50. The predicted molar refractivity (Wildman–Crippen MR) is 102 cm³/mol. The number of halogens is 1. The van der Waals surface area contributed by atoms with Crippen molar-refractivity contribution in [2.45, 2.75) is 47.9 Å². The minimum atomic E-state index is 0.688. The largest absolute Gasteiger partial charge is 0.354 e. The number of pyridine rings is 1. The van der Waals surface area contributed by atoms with Gasteiger partial charge in [0.2, 0.25) is 0 Å². The van der Waals surface area contributed by atoms with E-state index in [2.05, 4.69) is 34.4 Å². The molecule has 2 atom stereocenters.